The summed E-state index contributed by atoms with van der Waals surface area (Å²) in [5.41, 5.74) is 2.16. The molecule has 9 nitrogen and oxygen atoms in total. The van der Waals surface area contributed by atoms with Crippen molar-refractivity contribution >= 4 is 17.6 Å². The van der Waals surface area contributed by atoms with Crippen molar-refractivity contribution < 1.29 is 14.3 Å². The molecular weight excluding hydrogens is 372 g/mol. The van der Waals surface area contributed by atoms with Crippen LogP contribution in [0, 0.1) is 17.8 Å². The van der Waals surface area contributed by atoms with E-state index in [1.54, 1.807) is 20.2 Å². The number of methoxy groups -OCH3 is 1. The van der Waals surface area contributed by atoms with Gasteiger partial charge in [-0.05, 0) is 44.6 Å². The lowest BCUT2D eigenvalue weighted by atomic mass is 9.96. The van der Waals surface area contributed by atoms with Crippen LogP contribution in [0.25, 0.3) is 0 Å². The first-order valence-corrected chi connectivity index (χ1v) is 10.1. The first-order chi connectivity index (χ1) is 13.9. The van der Waals surface area contributed by atoms with E-state index >= 15 is 0 Å². The van der Waals surface area contributed by atoms with Gasteiger partial charge < -0.3 is 15.4 Å². The second-order valence-corrected chi connectivity index (χ2v) is 8.43. The topological polar surface area (TPSA) is 114 Å². The lowest BCUT2D eigenvalue weighted by molar-refractivity contribution is -0.123. The predicted octanol–water partition coefficient (Wildman–Crippen LogP) is 1.81. The van der Waals surface area contributed by atoms with Crippen molar-refractivity contribution in [3.8, 4) is 0 Å². The number of fused-ring (bicyclic) bond motifs is 1. The molecule has 2 heterocycles. The normalized spacial score (nSPS) is 25.1. The molecule has 9 heteroatoms. The number of H-pyrrole nitrogens is 1. The molecule has 156 valence electrons. The average Bonchev–Trinajstić information content (AvgIpc) is 3.05. The molecule has 0 spiro atoms. The van der Waals surface area contributed by atoms with Crippen molar-refractivity contribution in [2.45, 2.75) is 45.3 Å². The van der Waals surface area contributed by atoms with E-state index in [0.717, 1.165) is 18.5 Å². The molecule has 2 aromatic rings. The number of carbonyl (C=O) groups is 2. The highest BCUT2D eigenvalue weighted by Crippen LogP contribution is 2.62. The van der Waals surface area contributed by atoms with Crippen LogP contribution in [0.4, 0.5) is 5.82 Å². The zero-order chi connectivity index (χ0) is 20.7. The van der Waals surface area contributed by atoms with Crippen molar-refractivity contribution in [1.29, 1.82) is 0 Å². The molecule has 0 saturated heterocycles. The van der Waals surface area contributed by atoms with Gasteiger partial charge in [-0.1, -0.05) is 0 Å². The maximum atomic E-state index is 12.5. The van der Waals surface area contributed by atoms with Crippen molar-refractivity contribution in [2.75, 3.05) is 12.4 Å². The first-order valence-electron chi connectivity index (χ1n) is 10.1. The molecule has 0 radical (unpaired) electrons. The number of nitrogens with zero attached hydrogens (tertiary/aromatic N) is 3. The van der Waals surface area contributed by atoms with E-state index in [2.05, 4.69) is 25.9 Å². The Morgan fingerprint density at radius 2 is 2.03 bits per heavy atom. The fourth-order valence-corrected chi connectivity index (χ4v) is 4.61. The van der Waals surface area contributed by atoms with Crippen LogP contribution in [-0.4, -0.2) is 44.9 Å². The Balaban J connectivity index is 1.33. The molecule has 29 heavy (non-hydrogen) atoms. The van der Waals surface area contributed by atoms with Crippen LogP contribution in [-0.2, 0) is 23.2 Å². The minimum atomic E-state index is -0.264. The third kappa shape index (κ3) is 3.91. The molecule has 2 aliphatic carbocycles. The smallest absolute Gasteiger partial charge is 0.275 e. The van der Waals surface area contributed by atoms with E-state index in [1.807, 2.05) is 19.9 Å². The number of carbonyl (C=O) groups excluding carboxylic acids is 2. The highest BCUT2D eigenvalue weighted by Gasteiger charge is 2.59. The molecule has 2 saturated carbocycles. The number of aryl methyl sites for hydroxylation is 1. The van der Waals surface area contributed by atoms with Gasteiger partial charge >= 0.3 is 0 Å². The van der Waals surface area contributed by atoms with Crippen LogP contribution in [0.1, 0.15) is 54.5 Å². The van der Waals surface area contributed by atoms with Gasteiger partial charge in [-0.25, -0.2) is 0 Å². The molecule has 0 aliphatic heterocycles. The third-order valence-electron chi connectivity index (χ3n) is 5.91. The van der Waals surface area contributed by atoms with Crippen LogP contribution in [0.15, 0.2) is 12.1 Å². The zero-order valence-corrected chi connectivity index (χ0v) is 17.2. The molecule has 2 fully saturated rings. The molecule has 2 aromatic heterocycles. The van der Waals surface area contributed by atoms with Crippen LogP contribution in [0.3, 0.4) is 0 Å². The molecule has 3 N–H and O–H groups in total. The molecule has 0 bridgehead atoms. The number of anilines is 1. The molecular formula is C20H28N6O3. The lowest BCUT2D eigenvalue weighted by Crippen LogP contribution is -2.32. The van der Waals surface area contributed by atoms with E-state index in [1.165, 1.54) is 4.68 Å². The third-order valence-corrected chi connectivity index (χ3v) is 5.91. The summed E-state index contributed by atoms with van der Waals surface area (Å²) in [5.74, 6) is 1.88. The van der Waals surface area contributed by atoms with Gasteiger partial charge in [-0.3, -0.25) is 19.4 Å². The van der Waals surface area contributed by atoms with E-state index < -0.39 is 0 Å². The summed E-state index contributed by atoms with van der Waals surface area (Å²) in [6, 6.07) is 3.78. The van der Waals surface area contributed by atoms with Crippen molar-refractivity contribution in [3.63, 3.8) is 0 Å². The van der Waals surface area contributed by atoms with Crippen LogP contribution in [0.2, 0.25) is 0 Å². The number of ether oxygens (including phenoxy) is 1. The molecule has 0 unspecified atom stereocenters. The monoisotopic (exact) mass is 400 g/mol. The predicted molar refractivity (Wildman–Crippen MR) is 106 cm³/mol. The van der Waals surface area contributed by atoms with Gasteiger partial charge in [0.25, 0.3) is 5.91 Å². The summed E-state index contributed by atoms with van der Waals surface area (Å²) in [7, 11) is 3.31. The van der Waals surface area contributed by atoms with E-state index in [9.17, 15) is 9.59 Å². The largest absolute Gasteiger partial charge is 0.378 e. The van der Waals surface area contributed by atoms with E-state index in [-0.39, 0.29) is 23.8 Å². The fraction of sp³-hybridized carbons (Fsp3) is 0.600. The number of aromatic amines is 1. The summed E-state index contributed by atoms with van der Waals surface area (Å²) >= 11 is 0. The zero-order valence-electron chi connectivity index (χ0n) is 17.2. The lowest BCUT2D eigenvalue weighted by Gasteiger charge is -2.13. The Labute approximate surface area is 169 Å². The number of hydrogen-bond donors (Lipinski definition) is 3. The Bertz CT molecular complexity index is 905. The molecule has 2 amide bonds. The van der Waals surface area contributed by atoms with Gasteiger partial charge in [0.05, 0.1) is 12.3 Å². The number of hydrogen-bond acceptors (Lipinski definition) is 5. The van der Waals surface area contributed by atoms with Gasteiger partial charge in [-0.2, -0.15) is 10.2 Å². The molecule has 4 atom stereocenters. The highest BCUT2D eigenvalue weighted by molar-refractivity contribution is 6.02. The number of rotatable bonds is 7. The summed E-state index contributed by atoms with van der Waals surface area (Å²) in [6.45, 7) is 4.33. The molecule has 2 aliphatic rings. The fourth-order valence-electron chi connectivity index (χ4n) is 4.61. The minimum absolute atomic E-state index is 0.168. The number of amides is 2. The Morgan fingerprint density at radius 3 is 2.69 bits per heavy atom. The maximum Gasteiger partial charge on any atom is 0.275 e. The summed E-state index contributed by atoms with van der Waals surface area (Å²) in [6.07, 6.45) is 1.97. The Hall–Kier alpha value is -2.68. The van der Waals surface area contributed by atoms with Gasteiger partial charge in [0.15, 0.2) is 5.82 Å². The van der Waals surface area contributed by atoms with Crippen molar-refractivity contribution in [3.05, 3.63) is 29.2 Å². The van der Waals surface area contributed by atoms with Crippen molar-refractivity contribution in [1.82, 2.24) is 25.3 Å². The highest BCUT2D eigenvalue weighted by atomic mass is 16.5. The summed E-state index contributed by atoms with van der Waals surface area (Å²) in [5, 5.41) is 17.4. The van der Waals surface area contributed by atoms with Crippen LogP contribution in [0.5, 0.6) is 0 Å². The quantitative estimate of drug-likeness (QED) is 0.656. The first kappa shape index (κ1) is 19.6. The van der Waals surface area contributed by atoms with Crippen LogP contribution < -0.4 is 10.6 Å². The SMILES string of the molecule is COCc1cc(C(=O)Nc2cc([C@H]3C[C@@H]4[C@H](C3)[C@H]4C(=O)NC(C)C)[nH]n2)n(C)n1. The van der Waals surface area contributed by atoms with E-state index in [0.29, 0.717) is 41.6 Å². The van der Waals surface area contributed by atoms with Gasteiger partial charge in [0.2, 0.25) is 5.91 Å². The Kier molecular flexibility index (Phi) is 5.16. The second kappa shape index (κ2) is 7.62. The number of nitrogens with one attached hydrogen (secondary N) is 3. The molecule has 4 rings (SSSR count). The average molecular weight is 400 g/mol. The van der Waals surface area contributed by atoms with Gasteiger partial charge in [0.1, 0.15) is 5.69 Å². The minimum Gasteiger partial charge on any atom is -0.378 e. The van der Waals surface area contributed by atoms with Gasteiger partial charge in [0, 0.05) is 43.8 Å². The van der Waals surface area contributed by atoms with Crippen LogP contribution >= 0.6 is 0 Å². The number of aromatic nitrogens is 4. The molecule has 0 aromatic carbocycles. The second-order valence-electron chi connectivity index (χ2n) is 8.43. The summed E-state index contributed by atoms with van der Waals surface area (Å²) < 4.78 is 6.59. The van der Waals surface area contributed by atoms with Gasteiger partial charge in [-0.15, -0.1) is 0 Å². The summed E-state index contributed by atoms with van der Waals surface area (Å²) in [4.78, 5) is 24.7. The maximum absolute atomic E-state index is 12.5. The van der Waals surface area contributed by atoms with E-state index in [4.69, 9.17) is 4.74 Å². The Morgan fingerprint density at radius 1 is 1.31 bits per heavy atom. The standard InChI is InChI=1S/C20H28N6O3/c1-10(2)21-20(28)18-13-5-11(6-14(13)18)15-8-17(24-23-15)22-19(27)16-7-12(9-29-4)25-26(16)3/h7-8,10-11,13-14,18H,5-6,9H2,1-4H3,(H,21,28)(H2,22,23,24,27)/t11-,13+,14-,18-. The van der Waals surface area contributed by atoms with Crippen molar-refractivity contribution in [2.24, 2.45) is 24.8 Å².